The molecule has 2 saturated heterocycles. The van der Waals surface area contributed by atoms with Crippen LogP contribution >= 0.6 is 0 Å². The van der Waals surface area contributed by atoms with Crippen molar-refractivity contribution < 1.29 is 14.0 Å². The van der Waals surface area contributed by atoms with E-state index in [9.17, 15) is 14.0 Å². The summed E-state index contributed by atoms with van der Waals surface area (Å²) in [5.74, 6) is -0.280. The number of nitrogens with zero attached hydrogens (tertiary/aromatic N) is 1. The topological polar surface area (TPSA) is 61.4 Å². The van der Waals surface area contributed by atoms with Crippen LogP contribution < -0.4 is 10.6 Å². The summed E-state index contributed by atoms with van der Waals surface area (Å²) in [4.78, 5) is 25.9. The first kappa shape index (κ1) is 16.9. The van der Waals surface area contributed by atoms with Gasteiger partial charge in [-0.05, 0) is 37.3 Å². The number of carbonyl (C=O) groups is 2. The normalized spacial score (nSPS) is 24.6. The fraction of sp³-hybridized carbons (Fsp3) is 0.556. The lowest BCUT2D eigenvalue weighted by molar-refractivity contribution is -0.131. The summed E-state index contributed by atoms with van der Waals surface area (Å²) in [5, 5.41) is 5.79. The fourth-order valence-electron chi connectivity index (χ4n) is 3.44. The molecule has 2 heterocycles. The van der Waals surface area contributed by atoms with Crippen molar-refractivity contribution in [3.05, 3.63) is 35.6 Å². The second-order valence-electron chi connectivity index (χ2n) is 6.65. The molecule has 2 amide bonds. The van der Waals surface area contributed by atoms with Gasteiger partial charge in [0.05, 0.1) is 0 Å². The first-order chi connectivity index (χ1) is 11.6. The standard InChI is InChI=1S/C18H24FN3O2/c19-15-5-2-1-4-13(15)8-10-22-11-9-14(12-22)20-18(24)16-6-3-7-17(23)21-16/h1-2,4-5,14,16H,3,6-12H2,(H,20,24)(H,21,23)/t14-,16+/m0/s1. The second kappa shape index (κ2) is 7.75. The van der Waals surface area contributed by atoms with E-state index in [0.717, 1.165) is 38.0 Å². The van der Waals surface area contributed by atoms with Crippen LogP contribution in [0.4, 0.5) is 4.39 Å². The molecule has 130 valence electrons. The van der Waals surface area contributed by atoms with Crippen LogP contribution in [0, 0.1) is 5.82 Å². The molecule has 0 unspecified atom stereocenters. The molecule has 0 aliphatic carbocycles. The van der Waals surface area contributed by atoms with Crippen LogP contribution in [0.2, 0.25) is 0 Å². The summed E-state index contributed by atoms with van der Waals surface area (Å²) in [6.07, 6.45) is 3.55. The molecule has 0 bridgehead atoms. The molecule has 2 aliphatic rings. The van der Waals surface area contributed by atoms with Crippen LogP contribution in [-0.4, -0.2) is 48.4 Å². The van der Waals surface area contributed by atoms with E-state index in [1.165, 1.54) is 6.07 Å². The second-order valence-corrected chi connectivity index (χ2v) is 6.65. The molecule has 0 saturated carbocycles. The lowest BCUT2D eigenvalue weighted by Gasteiger charge is -2.24. The molecule has 2 N–H and O–H groups in total. The van der Waals surface area contributed by atoms with Crippen molar-refractivity contribution in [3.63, 3.8) is 0 Å². The highest BCUT2D eigenvalue weighted by molar-refractivity contribution is 5.88. The smallest absolute Gasteiger partial charge is 0.242 e. The van der Waals surface area contributed by atoms with Gasteiger partial charge in [-0.1, -0.05) is 18.2 Å². The lowest BCUT2D eigenvalue weighted by atomic mass is 10.0. The minimum absolute atomic E-state index is 0.0423. The molecule has 6 heteroatoms. The SMILES string of the molecule is O=C1CCC[C@H](C(=O)N[C@H]2CCN(CCc3ccccc3F)C2)N1. The maximum atomic E-state index is 13.6. The highest BCUT2D eigenvalue weighted by Crippen LogP contribution is 2.14. The highest BCUT2D eigenvalue weighted by atomic mass is 19.1. The van der Waals surface area contributed by atoms with Crippen molar-refractivity contribution in [2.24, 2.45) is 0 Å². The molecule has 0 radical (unpaired) electrons. The maximum absolute atomic E-state index is 13.6. The van der Waals surface area contributed by atoms with Crippen LogP contribution in [0.3, 0.4) is 0 Å². The average Bonchev–Trinajstić information content (AvgIpc) is 3.01. The van der Waals surface area contributed by atoms with E-state index in [4.69, 9.17) is 0 Å². The van der Waals surface area contributed by atoms with Gasteiger partial charge in [-0.15, -0.1) is 0 Å². The van der Waals surface area contributed by atoms with E-state index in [1.54, 1.807) is 6.07 Å². The summed E-state index contributed by atoms with van der Waals surface area (Å²) in [6, 6.07) is 6.57. The van der Waals surface area contributed by atoms with Crippen LogP contribution in [-0.2, 0) is 16.0 Å². The zero-order valence-corrected chi connectivity index (χ0v) is 13.8. The van der Waals surface area contributed by atoms with Crippen molar-refractivity contribution in [2.75, 3.05) is 19.6 Å². The molecule has 2 atom stereocenters. The third kappa shape index (κ3) is 4.32. The number of amides is 2. The molecular weight excluding hydrogens is 309 g/mol. The Morgan fingerprint density at radius 2 is 2.17 bits per heavy atom. The molecule has 5 nitrogen and oxygen atoms in total. The van der Waals surface area contributed by atoms with Gasteiger partial charge in [0.15, 0.2) is 0 Å². The van der Waals surface area contributed by atoms with E-state index in [2.05, 4.69) is 15.5 Å². The van der Waals surface area contributed by atoms with Crippen LogP contribution in [0.1, 0.15) is 31.2 Å². The maximum Gasteiger partial charge on any atom is 0.242 e. The van der Waals surface area contributed by atoms with Crippen molar-refractivity contribution in [2.45, 2.75) is 44.2 Å². The number of hydrogen-bond donors (Lipinski definition) is 2. The summed E-state index contributed by atoms with van der Waals surface area (Å²) in [7, 11) is 0. The highest BCUT2D eigenvalue weighted by Gasteiger charge is 2.29. The number of hydrogen-bond acceptors (Lipinski definition) is 3. The van der Waals surface area contributed by atoms with Crippen molar-refractivity contribution >= 4 is 11.8 Å². The first-order valence-electron chi connectivity index (χ1n) is 8.67. The van der Waals surface area contributed by atoms with Crippen molar-refractivity contribution in [1.82, 2.24) is 15.5 Å². The molecule has 3 rings (SSSR count). The minimum Gasteiger partial charge on any atom is -0.350 e. The predicted molar refractivity (Wildman–Crippen MR) is 88.9 cm³/mol. The van der Waals surface area contributed by atoms with Crippen LogP contribution in [0.5, 0.6) is 0 Å². The van der Waals surface area contributed by atoms with Gasteiger partial charge in [-0.3, -0.25) is 9.59 Å². The molecule has 2 aliphatic heterocycles. The number of carbonyl (C=O) groups excluding carboxylic acids is 2. The Labute approximate surface area is 141 Å². The largest absolute Gasteiger partial charge is 0.350 e. The van der Waals surface area contributed by atoms with Gasteiger partial charge in [0.1, 0.15) is 11.9 Å². The Morgan fingerprint density at radius 3 is 2.96 bits per heavy atom. The lowest BCUT2D eigenvalue weighted by Crippen LogP contribution is -2.51. The van der Waals surface area contributed by atoms with E-state index in [1.807, 2.05) is 12.1 Å². The van der Waals surface area contributed by atoms with Gasteiger partial charge < -0.3 is 15.5 Å². The molecule has 0 aromatic heterocycles. The van der Waals surface area contributed by atoms with Crippen LogP contribution in [0.25, 0.3) is 0 Å². The van der Waals surface area contributed by atoms with E-state index >= 15 is 0 Å². The Morgan fingerprint density at radius 1 is 1.33 bits per heavy atom. The Bertz CT molecular complexity index is 608. The summed E-state index contributed by atoms with van der Waals surface area (Å²) in [6.45, 7) is 2.46. The Hall–Kier alpha value is -1.95. The molecule has 2 fully saturated rings. The van der Waals surface area contributed by atoms with Crippen molar-refractivity contribution in [3.8, 4) is 0 Å². The fourth-order valence-corrected chi connectivity index (χ4v) is 3.44. The average molecular weight is 333 g/mol. The zero-order chi connectivity index (χ0) is 16.9. The van der Waals surface area contributed by atoms with E-state index < -0.39 is 6.04 Å². The molecular formula is C18H24FN3O2. The number of rotatable bonds is 5. The number of nitrogens with one attached hydrogen (secondary N) is 2. The summed E-state index contributed by atoms with van der Waals surface area (Å²) >= 11 is 0. The van der Waals surface area contributed by atoms with Crippen molar-refractivity contribution in [1.29, 1.82) is 0 Å². The third-order valence-corrected chi connectivity index (χ3v) is 4.82. The van der Waals surface area contributed by atoms with Gasteiger partial charge in [-0.2, -0.15) is 0 Å². The Balaban J connectivity index is 1.43. The van der Waals surface area contributed by atoms with Gasteiger partial charge in [0, 0.05) is 32.1 Å². The monoisotopic (exact) mass is 333 g/mol. The number of likely N-dealkylation sites (tertiary alicyclic amines) is 1. The predicted octanol–water partition coefficient (Wildman–Crippen LogP) is 1.23. The number of benzene rings is 1. The number of halogens is 1. The molecule has 0 spiro atoms. The van der Waals surface area contributed by atoms with Gasteiger partial charge in [0.2, 0.25) is 11.8 Å². The molecule has 1 aromatic carbocycles. The molecule has 1 aromatic rings. The summed E-state index contributed by atoms with van der Waals surface area (Å²) in [5.41, 5.74) is 0.731. The van der Waals surface area contributed by atoms with Gasteiger partial charge in [-0.25, -0.2) is 4.39 Å². The number of piperidine rings is 1. The van der Waals surface area contributed by atoms with E-state index in [0.29, 0.717) is 19.3 Å². The first-order valence-corrected chi connectivity index (χ1v) is 8.67. The minimum atomic E-state index is -0.390. The van der Waals surface area contributed by atoms with E-state index in [-0.39, 0.29) is 23.7 Å². The van der Waals surface area contributed by atoms with Gasteiger partial charge in [0.25, 0.3) is 0 Å². The molecule has 24 heavy (non-hydrogen) atoms. The Kier molecular flexibility index (Phi) is 5.45. The quantitative estimate of drug-likeness (QED) is 0.852. The van der Waals surface area contributed by atoms with Gasteiger partial charge >= 0.3 is 0 Å². The zero-order valence-electron chi connectivity index (χ0n) is 13.8. The third-order valence-electron chi connectivity index (χ3n) is 4.82. The van der Waals surface area contributed by atoms with Crippen LogP contribution in [0.15, 0.2) is 24.3 Å². The summed E-state index contributed by atoms with van der Waals surface area (Å²) < 4.78 is 13.6.